The third-order valence-corrected chi connectivity index (χ3v) is 2.55. The Kier molecular flexibility index (Phi) is 3.55. The van der Waals surface area contributed by atoms with Crippen molar-refractivity contribution in [2.75, 3.05) is 19.6 Å². The standard InChI is InChI=1S/C9H15ClN2O/c1-9(13)3-2-4-12(7-9)6-8(10)5-11/h8,13H,2-4,6-7H2,1H3. The van der Waals surface area contributed by atoms with Gasteiger partial charge < -0.3 is 5.11 Å². The van der Waals surface area contributed by atoms with Crippen molar-refractivity contribution in [3.05, 3.63) is 0 Å². The lowest BCUT2D eigenvalue weighted by molar-refractivity contribution is -0.0144. The zero-order valence-corrected chi connectivity index (χ0v) is 8.59. The first-order chi connectivity index (χ1) is 6.03. The van der Waals surface area contributed by atoms with E-state index in [2.05, 4.69) is 0 Å². The molecule has 0 aromatic heterocycles. The summed E-state index contributed by atoms with van der Waals surface area (Å²) in [4.78, 5) is 2.05. The summed E-state index contributed by atoms with van der Waals surface area (Å²) in [5, 5.41) is 17.8. The highest BCUT2D eigenvalue weighted by molar-refractivity contribution is 6.22. The Balaban J connectivity index is 2.40. The highest BCUT2D eigenvalue weighted by Crippen LogP contribution is 2.20. The second-order valence-corrected chi connectivity index (χ2v) is 4.46. The maximum Gasteiger partial charge on any atom is 0.133 e. The summed E-state index contributed by atoms with van der Waals surface area (Å²) in [5.41, 5.74) is -0.607. The fourth-order valence-corrected chi connectivity index (χ4v) is 1.94. The van der Waals surface area contributed by atoms with E-state index in [4.69, 9.17) is 16.9 Å². The van der Waals surface area contributed by atoms with Crippen LogP contribution in [-0.4, -0.2) is 40.6 Å². The van der Waals surface area contributed by atoms with Crippen LogP contribution in [0.2, 0.25) is 0 Å². The fraction of sp³-hybridized carbons (Fsp3) is 0.889. The maximum atomic E-state index is 9.76. The molecule has 0 amide bonds. The Bertz CT molecular complexity index is 212. The quantitative estimate of drug-likeness (QED) is 0.679. The molecule has 0 aliphatic carbocycles. The van der Waals surface area contributed by atoms with Gasteiger partial charge in [-0.25, -0.2) is 0 Å². The van der Waals surface area contributed by atoms with Gasteiger partial charge in [0.1, 0.15) is 5.38 Å². The molecule has 0 saturated carbocycles. The number of β-amino-alcohol motifs (C(OH)–C–C–N with tert-alkyl or cyclic N) is 1. The predicted molar refractivity (Wildman–Crippen MR) is 51.6 cm³/mol. The number of nitriles is 1. The molecule has 13 heavy (non-hydrogen) atoms. The topological polar surface area (TPSA) is 47.3 Å². The number of aliphatic hydroxyl groups is 1. The van der Waals surface area contributed by atoms with Gasteiger partial charge in [-0.3, -0.25) is 4.90 Å². The van der Waals surface area contributed by atoms with Gasteiger partial charge in [-0.2, -0.15) is 5.26 Å². The van der Waals surface area contributed by atoms with Crippen molar-refractivity contribution in [2.24, 2.45) is 0 Å². The number of hydrogen-bond donors (Lipinski definition) is 1. The minimum absolute atomic E-state index is 0.464. The Morgan fingerprint density at radius 2 is 2.46 bits per heavy atom. The van der Waals surface area contributed by atoms with Gasteiger partial charge in [0, 0.05) is 13.1 Å². The van der Waals surface area contributed by atoms with Crippen LogP contribution in [0.25, 0.3) is 0 Å². The van der Waals surface area contributed by atoms with Crippen LogP contribution in [0.1, 0.15) is 19.8 Å². The molecule has 0 aromatic carbocycles. The molecule has 1 fully saturated rings. The normalized spacial score (nSPS) is 32.5. The van der Waals surface area contributed by atoms with E-state index >= 15 is 0 Å². The van der Waals surface area contributed by atoms with Crippen LogP contribution in [0, 0.1) is 11.3 Å². The molecule has 0 radical (unpaired) electrons. The van der Waals surface area contributed by atoms with E-state index in [1.165, 1.54) is 0 Å². The molecular weight excluding hydrogens is 188 g/mol. The second kappa shape index (κ2) is 4.28. The van der Waals surface area contributed by atoms with Crippen molar-refractivity contribution in [1.82, 2.24) is 4.90 Å². The van der Waals surface area contributed by atoms with E-state index in [1.807, 2.05) is 17.9 Å². The van der Waals surface area contributed by atoms with Crippen LogP contribution in [0.15, 0.2) is 0 Å². The van der Waals surface area contributed by atoms with Gasteiger partial charge in [0.25, 0.3) is 0 Å². The summed E-state index contributed by atoms with van der Waals surface area (Å²) in [6, 6.07) is 1.98. The lowest BCUT2D eigenvalue weighted by Crippen LogP contribution is -2.47. The van der Waals surface area contributed by atoms with E-state index in [0.29, 0.717) is 13.1 Å². The van der Waals surface area contributed by atoms with E-state index < -0.39 is 11.0 Å². The lowest BCUT2D eigenvalue weighted by Gasteiger charge is -2.36. The highest BCUT2D eigenvalue weighted by atomic mass is 35.5. The number of halogens is 1. The lowest BCUT2D eigenvalue weighted by atomic mass is 9.95. The van der Waals surface area contributed by atoms with Gasteiger partial charge >= 0.3 is 0 Å². The third kappa shape index (κ3) is 3.51. The zero-order valence-electron chi connectivity index (χ0n) is 7.83. The molecule has 1 saturated heterocycles. The Hall–Kier alpha value is -0.300. The van der Waals surface area contributed by atoms with Crippen molar-refractivity contribution in [2.45, 2.75) is 30.7 Å². The van der Waals surface area contributed by atoms with Gasteiger partial charge in [-0.15, -0.1) is 11.6 Å². The van der Waals surface area contributed by atoms with Gasteiger partial charge in [0.2, 0.25) is 0 Å². The van der Waals surface area contributed by atoms with Gasteiger partial charge in [0.15, 0.2) is 0 Å². The summed E-state index contributed by atoms with van der Waals surface area (Å²) in [6.07, 6.45) is 1.81. The van der Waals surface area contributed by atoms with Crippen LogP contribution in [0.4, 0.5) is 0 Å². The van der Waals surface area contributed by atoms with Crippen molar-refractivity contribution < 1.29 is 5.11 Å². The molecule has 0 spiro atoms. The van der Waals surface area contributed by atoms with E-state index in [1.54, 1.807) is 0 Å². The van der Waals surface area contributed by atoms with Crippen molar-refractivity contribution in [1.29, 1.82) is 5.26 Å². The largest absolute Gasteiger partial charge is 0.389 e. The van der Waals surface area contributed by atoms with Crippen LogP contribution < -0.4 is 0 Å². The molecule has 0 bridgehead atoms. The molecule has 2 atom stereocenters. The molecule has 2 unspecified atom stereocenters. The van der Waals surface area contributed by atoms with Gasteiger partial charge in [-0.05, 0) is 26.3 Å². The molecular formula is C9H15ClN2O. The van der Waals surface area contributed by atoms with Crippen LogP contribution in [-0.2, 0) is 0 Å². The Morgan fingerprint density at radius 3 is 3.00 bits per heavy atom. The first-order valence-corrected chi connectivity index (χ1v) is 4.95. The van der Waals surface area contributed by atoms with Crippen molar-refractivity contribution >= 4 is 11.6 Å². The second-order valence-electron chi connectivity index (χ2n) is 3.93. The minimum Gasteiger partial charge on any atom is -0.389 e. The fourth-order valence-electron chi connectivity index (χ4n) is 1.75. The number of hydrogen-bond acceptors (Lipinski definition) is 3. The van der Waals surface area contributed by atoms with Crippen molar-refractivity contribution in [3.63, 3.8) is 0 Å². The Morgan fingerprint density at radius 1 is 1.77 bits per heavy atom. The third-order valence-electron chi connectivity index (χ3n) is 2.31. The Labute approximate surface area is 83.9 Å². The predicted octanol–water partition coefficient (Wildman–Crippen LogP) is 0.964. The molecule has 1 N–H and O–H groups in total. The summed E-state index contributed by atoms with van der Waals surface area (Å²) in [5.74, 6) is 0. The van der Waals surface area contributed by atoms with Crippen LogP contribution in [0.5, 0.6) is 0 Å². The molecule has 1 rings (SSSR count). The first kappa shape index (κ1) is 10.8. The molecule has 1 aliphatic rings. The number of likely N-dealkylation sites (tertiary alicyclic amines) is 1. The smallest absolute Gasteiger partial charge is 0.133 e. The van der Waals surface area contributed by atoms with Gasteiger partial charge in [-0.1, -0.05) is 0 Å². The molecule has 1 aliphatic heterocycles. The molecule has 1 heterocycles. The summed E-state index contributed by atoms with van der Waals surface area (Å²) >= 11 is 5.71. The zero-order chi connectivity index (χ0) is 9.90. The van der Waals surface area contributed by atoms with Crippen molar-refractivity contribution in [3.8, 4) is 6.07 Å². The molecule has 3 nitrogen and oxygen atoms in total. The van der Waals surface area contributed by atoms with Crippen LogP contribution >= 0.6 is 11.6 Å². The molecule has 74 valence electrons. The number of rotatable bonds is 2. The van der Waals surface area contributed by atoms with E-state index in [9.17, 15) is 5.11 Å². The summed E-state index contributed by atoms with van der Waals surface area (Å²) in [6.45, 7) is 3.93. The first-order valence-electron chi connectivity index (χ1n) is 4.52. The summed E-state index contributed by atoms with van der Waals surface area (Å²) in [7, 11) is 0. The SMILES string of the molecule is CC1(O)CCCN(CC(Cl)C#N)C1. The minimum atomic E-state index is -0.607. The monoisotopic (exact) mass is 202 g/mol. The molecule has 0 aromatic rings. The van der Waals surface area contributed by atoms with E-state index in [0.717, 1.165) is 19.4 Å². The average Bonchev–Trinajstić information content (AvgIpc) is 2.02. The number of alkyl halides is 1. The highest BCUT2D eigenvalue weighted by Gasteiger charge is 2.28. The average molecular weight is 203 g/mol. The van der Waals surface area contributed by atoms with Gasteiger partial charge in [0.05, 0.1) is 11.7 Å². The number of piperidine rings is 1. The summed E-state index contributed by atoms with van der Waals surface area (Å²) < 4.78 is 0. The maximum absolute atomic E-state index is 9.76. The van der Waals surface area contributed by atoms with E-state index in [-0.39, 0.29) is 0 Å². The molecule has 4 heteroatoms. The van der Waals surface area contributed by atoms with Crippen LogP contribution in [0.3, 0.4) is 0 Å². The number of nitrogens with zero attached hydrogens (tertiary/aromatic N) is 2.